The Morgan fingerprint density at radius 2 is 1.67 bits per heavy atom. The van der Waals surface area contributed by atoms with E-state index in [-0.39, 0.29) is 6.61 Å². The van der Waals surface area contributed by atoms with Crippen LogP contribution < -0.4 is 0 Å². The number of nitriles is 1. The number of nitrogens with zero attached hydrogens (tertiary/aromatic N) is 1. The predicted molar refractivity (Wildman–Crippen MR) is 96.3 cm³/mol. The van der Waals surface area contributed by atoms with E-state index in [1.165, 1.54) is 0 Å². The van der Waals surface area contributed by atoms with Crippen molar-refractivity contribution in [3.63, 3.8) is 0 Å². The van der Waals surface area contributed by atoms with Gasteiger partial charge in [-0.05, 0) is 5.56 Å². The third kappa shape index (κ3) is 4.96. The number of hydrogen-bond acceptors (Lipinski definition) is 11. The minimum atomic E-state index is -1.72. The van der Waals surface area contributed by atoms with E-state index < -0.39 is 68.0 Å². The lowest BCUT2D eigenvalue weighted by atomic mass is 9.99. The molecule has 10 unspecified atom stereocenters. The molecule has 0 aromatic heterocycles. The van der Waals surface area contributed by atoms with Gasteiger partial charge in [-0.15, -0.1) is 0 Å². The van der Waals surface area contributed by atoms with Gasteiger partial charge in [-0.2, -0.15) is 5.26 Å². The van der Waals surface area contributed by atoms with Gasteiger partial charge in [-0.1, -0.05) is 30.3 Å². The SMILES string of the molecule is N#CC(OC1COC(OCC2OC(O)C(O)C(O)C2O)C(O)C1O)c1ccccc1. The van der Waals surface area contributed by atoms with E-state index in [1.54, 1.807) is 30.3 Å². The molecule has 2 aliphatic heterocycles. The largest absolute Gasteiger partial charge is 0.387 e. The molecule has 30 heavy (non-hydrogen) atoms. The average Bonchev–Trinajstić information content (AvgIpc) is 2.76. The molecule has 2 heterocycles. The van der Waals surface area contributed by atoms with E-state index in [9.17, 15) is 35.9 Å². The van der Waals surface area contributed by atoms with Crippen LogP contribution in [0, 0.1) is 11.3 Å². The molecule has 11 nitrogen and oxygen atoms in total. The van der Waals surface area contributed by atoms with Crippen LogP contribution >= 0.6 is 0 Å². The molecule has 2 aliphatic rings. The highest BCUT2D eigenvalue weighted by Crippen LogP contribution is 2.26. The Morgan fingerprint density at radius 1 is 0.967 bits per heavy atom. The maximum Gasteiger partial charge on any atom is 0.186 e. The van der Waals surface area contributed by atoms with Crippen LogP contribution in [0.1, 0.15) is 11.7 Å². The van der Waals surface area contributed by atoms with Crippen molar-refractivity contribution >= 4 is 0 Å². The quantitative estimate of drug-likeness (QED) is 0.283. The van der Waals surface area contributed by atoms with Crippen LogP contribution in [0.5, 0.6) is 0 Å². The summed E-state index contributed by atoms with van der Waals surface area (Å²) in [4.78, 5) is 0. The van der Waals surface area contributed by atoms with E-state index in [2.05, 4.69) is 0 Å². The van der Waals surface area contributed by atoms with E-state index in [0.29, 0.717) is 5.56 Å². The van der Waals surface area contributed by atoms with E-state index in [0.717, 1.165) is 0 Å². The molecule has 0 spiro atoms. The monoisotopic (exact) mass is 427 g/mol. The van der Waals surface area contributed by atoms with Crippen molar-refractivity contribution < 1.29 is 49.6 Å². The smallest absolute Gasteiger partial charge is 0.186 e. The highest BCUT2D eigenvalue weighted by Gasteiger charge is 2.45. The molecule has 0 amide bonds. The molecule has 0 bridgehead atoms. The Bertz CT molecular complexity index is 715. The minimum absolute atomic E-state index is 0.189. The number of ether oxygens (including phenoxy) is 4. The van der Waals surface area contributed by atoms with Crippen LogP contribution in [0.15, 0.2) is 30.3 Å². The highest BCUT2D eigenvalue weighted by molar-refractivity contribution is 5.22. The van der Waals surface area contributed by atoms with Crippen molar-refractivity contribution in [2.45, 2.75) is 61.4 Å². The molecule has 166 valence electrons. The summed E-state index contributed by atoms with van der Waals surface area (Å²) in [5, 5.41) is 68.6. The second kappa shape index (κ2) is 10.1. The summed E-state index contributed by atoms with van der Waals surface area (Å²) >= 11 is 0. The molecule has 0 saturated carbocycles. The van der Waals surface area contributed by atoms with Gasteiger partial charge in [0.1, 0.15) is 42.7 Å². The fraction of sp³-hybridized carbons (Fsp3) is 0.632. The van der Waals surface area contributed by atoms with Gasteiger partial charge in [0.05, 0.1) is 19.3 Å². The summed E-state index contributed by atoms with van der Waals surface area (Å²) in [5.41, 5.74) is 0.586. The van der Waals surface area contributed by atoms with Crippen molar-refractivity contribution in [1.29, 1.82) is 5.26 Å². The maximum atomic E-state index is 10.4. The summed E-state index contributed by atoms with van der Waals surface area (Å²) < 4.78 is 21.3. The summed E-state index contributed by atoms with van der Waals surface area (Å²) in [7, 11) is 0. The maximum absolute atomic E-state index is 10.4. The fourth-order valence-electron chi connectivity index (χ4n) is 3.28. The zero-order chi connectivity index (χ0) is 21.8. The van der Waals surface area contributed by atoms with Crippen molar-refractivity contribution in [1.82, 2.24) is 0 Å². The molecule has 11 heteroatoms. The molecule has 6 N–H and O–H groups in total. The molecule has 1 aromatic rings. The predicted octanol–water partition coefficient (Wildman–Crippen LogP) is -2.47. The van der Waals surface area contributed by atoms with Crippen molar-refractivity contribution in [3.8, 4) is 6.07 Å². The molecule has 1 aromatic carbocycles. The van der Waals surface area contributed by atoms with Crippen LogP contribution in [0.4, 0.5) is 0 Å². The van der Waals surface area contributed by atoms with Crippen molar-refractivity contribution in [3.05, 3.63) is 35.9 Å². The van der Waals surface area contributed by atoms with Crippen LogP contribution in [0.25, 0.3) is 0 Å². The highest BCUT2D eigenvalue weighted by atomic mass is 16.7. The first kappa shape index (κ1) is 23.0. The first-order valence-corrected chi connectivity index (χ1v) is 9.40. The number of aliphatic hydroxyl groups is 6. The Hall–Kier alpha value is -1.69. The number of rotatable bonds is 6. The van der Waals surface area contributed by atoms with E-state index in [1.807, 2.05) is 6.07 Å². The van der Waals surface area contributed by atoms with Crippen LogP contribution in [0.3, 0.4) is 0 Å². The van der Waals surface area contributed by atoms with Gasteiger partial charge in [-0.3, -0.25) is 0 Å². The molecule has 2 fully saturated rings. The Labute approximate surface area is 172 Å². The number of hydrogen-bond donors (Lipinski definition) is 6. The van der Waals surface area contributed by atoms with Crippen molar-refractivity contribution in [2.24, 2.45) is 0 Å². The van der Waals surface area contributed by atoms with E-state index >= 15 is 0 Å². The summed E-state index contributed by atoms with van der Waals surface area (Å²) in [6, 6.07) is 10.6. The standard InChI is InChI=1S/C19H25NO10/c20-6-10(9-4-2-1-3-5-9)29-11-7-27-19(17(25)14(11)22)28-8-12-13(21)15(23)16(24)18(26)30-12/h1-5,10-19,21-26H,7-8H2. The average molecular weight is 427 g/mol. The van der Waals surface area contributed by atoms with Crippen LogP contribution in [0.2, 0.25) is 0 Å². The first-order chi connectivity index (χ1) is 14.3. The minimum Gasteiger partial charge on any atom is -0.387 e. The summed E-state index contributed by atoms with van der Waals surface area (Å²) in [6.07, 6.45) is -14.1. The second-order valence-corrected chi connectivity index (χ2v) is 7.15. The third-order valence-electron chi connectivity index (χ3n) is 5.08. The Balaban J connectivity index is 1.54. The van der Waals surface area contributed by atoms with E-state index in [4.69, 9.17) is 18.9 Å². The van der Waals surface area contributed by atoms with Crippen LogP contribution in [-0.2, 0) is 18.9 Å². The third-order valence-corrected chi connectivity index (χ3v) is 5.08. The summed E-state index contributed by atoms with van der Waals surface area (Å²) in [5.74, 6) is 0. The van der Waals surface area contributed by atoms with Gasteiger partial charge in [-0.25, -0.2) is 0 Å². The lowest BCUT2D eigenvalue weighted by molar-refractivity contribution is -0.315. The van der Waals surface area contributed by atoms with Crippen LogP contribution in [-0.4, -0.2) is 99.2 Å². The lowest BCUT2D eigenvalue weighted by Gasteiger charge is -2.40. The molecular weight excluding hydrogens is 402 g/mol. The lowest BCUT2D eigenvalue weighted by Crippen LogP contribution is -2.60. The molecule has 10 atom stereocenters. The normalized spacial score (nSPS) is 40.5. The molecule has 0 radical (unpaired) electrons. The molecule has 0 aliphatic carbocycles. The topological polar surface area (TPSA) is 182 Å². The number of benzene rings is 1. The molecular formula is C19H25NO10. The van der Waals surface area contributed by atoms with Crippen molar-refractivity contribution in [2.75, 3.05) is 13.2 Å². The summed E-state index contributed by atoms with van der Waals surface area (Å²) in [6.45, 7) is -0.598. The van der Waals surface area contributed by atoms with Gasteiger partial charge in [0.15, 0.2) is 18.7 Å². The van der Waals surface area contributed by atoms with Gasteiger partial charge in [0, 0.05) is 0 Å². The van der Waals surface area contributed by atoms with Gasteiger partial charge < -0.3 is 49.6 Å². The van der Waals surface area contributed by atoms with Gasteiger partial charge in [0.25, 0.3) is 0 Å². The molecule has 2 saturated heterocycles. The van der Waals surface area contributed by atoms with Gasteiger partial charge >= 0.3 is 0 Å². The first-order valence-electron chi connectivity index (χ1n) is 9.40. The fourth-order valence-corrected chi connectivity index (χ4v) is 3.28. The van der Waals surface area contributed by atoms with Gasteiger partial charge in [0.2, 0.25) is 0 Å². The number of aliphatic hydroxyl groups excluding tert-OH is 6. The second-order valence-electron chi connectivity index (χ2n) is 7.15. The Kier molecular flexibility index (Phi) is 7.72. The molecule has 3 rings (SSSR count). The zero-order valence-corrected chi connectivity index (χ0v) is 15.8. The zero-order valence-electron chi connectivity index (χ0n) is 15.8. The Morgan fingerprint density at radius 3 is 2.33 bits per heavy atom.